The van der Waals surface area contributed by atoms with E-state index in [2.05, 4.69) is 5.32 Å². The summed E-state index contributed by atoms with van der Waals surface area (Å²) >= 11 is 0. The lowest BCUT2D eigenvalue weighted by Gasteiger charge is -2.14. The first-order chi connectivity index (χ1) is 4.74. The van der Waals surface area contributed by atoms with Crippen LogP contribution >= 0.6 is 0 Å². The maximum absolute atomic E-state index is 5.64. The Hall–Kier alpha value is -1.12. The van der Waals surface area contributed by atoms with Crippen molar-refractivity contribution in [2.75, 3.05) is 7.05 Å². The van der Waals surface area contributed by atoms with Gasteiger partial charge in [0.1, 0.15) is 0 Å². The Bertz CT molecular complexity index is 191. The molecule has 3 heteroatoms. The highest BCUT2D eigenvalue weighted by Crippen LogP contribution is 2.15. The molecule has 5 N–H and O–H groups in total. The van der Waals surface area contributed by atoms with E-state index in [1.807, 2.05) is 13.1 Å². The SMILES string of the molecule is CNC1=C(N)C=C(N)CC1. The molecule has 0 radical (unpaired) electrons. The third-order valence-electron chi connectivity index (χ3n) is 1.65. The van der Waals surface area contributed by atoms with Gasteiger partial charge in [0.05, 0.1) is 5.70 Å². The molecule has 0 aliphatic heterocycles. The normalized spacial score (nSPS) is 18.7. The van der Waals surface area contributed by atoms with Crippen molar-refractivity contribution in [2.45, 2.75) is 12.8 Å². The fourth-order valence-electron chi connectivity index (χ4n) is 1.04. The van der Waals surface area contributed by atoms with Gasteiger partial charge in [0, 0.05) is 18.4 Å². The average Bonchev–Trinajstić information content (AvgIpc) is 1.88. The summed E-state index contributed by atoms with van der Waals surface area (Å²) in [7, 11) is 1.87. The van der Waals surface area contributed by atoms with Gasteiger partial charge < -0.3 is 16.8 Å². The number of hydrogen-bond donors (Lipinski definition) is 3. The highest BCUT2D eigenvalue weighted by Gasteiger charge is 2.06. The summed E-state index contributed by atoms with van der Waals surface area (Å²) in [6.45, 7) is 0. The molecular weight excluding hydrogens is 126 g/mol. The number of nitrogens with two attached hydrogens (primary N) is 2. The second-order valence-corrected chi connectivity index (χ2v) is 2.40. The standard InChI is InChI=1S/C7H13N3/c1-10-7-3-2-5(8)4-6(7)9/h4,10H,2-3,8-9H2,1H3. The van der Waals surface area contributed by atoms with E-state index in [1.165, 1.54) is 0 Å². The Morgan fingerprint density at radius 1 is 1.40 bits per heavy atom. The van der Waals surface area contributed by atoms with Gasteiger partial charge in [-0.05, 0) is 18.9 Å². The molecule has 3 nitrogen and oxygen atoms in total. The minimum Gasteiger partial charge on any atom is -0.402 e. The van der Waals surface area contributed by atoms with Gasteiger partial charge in [-0.25, -0.2) is 0 Å². The van der Waals surface area contributed by atoms with Crippen LogP contribution in [-0.2, 0) is 0 Å². The van der Waals surface area contributed by atoms with E-state index >= 15 is 0 Å². The number of rotatable bonds is 1. The van der Waals surface area contributed by atoms with Crippen LogP contribution in [0.15, 0.2) is 23.2 Å². The van der Waals surface area contributed by atoms with Crippen LogP contribution in [0.2, 0.25) is 0 Å². The fourth-order valence-corrected chi connectivity index (χ4v) is 1.04. The summed E-state index contributed by atoms with van der Waals surface area (Å²) in [6, 6.07) is 0. The monoisotopic (exact) mass is 139 g/mol. The highest BCUT2D eigenvalue weighted by atomic mass is 14.9. The van der Waals surface area contributed by atoms with Crippen molar-refractivity contribution in [3.8, 4) is 0 Å². The molecule has 1 aliphatic rings. The van der Waals surface area contributed by atoms with Crippen LogP contribution in [0.5, 0.6) is 0 Å². The molecule has 0 spiro atoms. The molecule has 0 aromatic rings. The third kappa shape index (κ3) is 1.23. The lowest BCUT2D eigenvalue weighted by Crippen LogP contribution is -2.18. The van der Waals surface area contributed by atoms with Crippen LogP contribution in [-0.4, -0.2) is 7.05 Å². The number of hydrogen-bond acceptors (Lipinski definition) is 3. The van der Waals surface area contributed by atoms with Crippen molar-refractivity contribution in [2.24, 2.45) is 11.5 Å². The zero-order chi connectivity index (χ0) is 7.56. The van der Waals surface area contributed by atoms with E-state index in [9.17, 15) is 0 Å². The molecule has 0 bridgehead atoms. The average molecular weight is 139 g/mol. The molecular formula is C7H13N3. The van der Waals surface area contributed by atoms with Gasteiger partial charge in [0.15, 0.2) is 0 Å². The summed E-state index contributed by atoms with van der Waals surface area (Å²) in [4.78, 5) is 0. The van der Waals surface area contributed by atoms with Crippen molar-refractivity contribution in [1.29, 1.82) is 0 Å². The molecule has 10 heavy (non-hydrogen) atoms. The molecule has 0 amide bonds. The van der Waals surface area contributed by atoms with E-state index in [0.717, 1.165) is 29.9 Å². The third-order valence-corrected chi connectivity index (χ3v) is 1.65. The van der Waals surface area contributed by atoms with Crippen LogP contribution < -0.4 is 16.8 Å². The molecule has 0 aromatic carbocycles. The molecule has 0 atom stereocenters. The summed E-state index contributed by atoms with van der Waals surface area (Å²) in [5.41, 5.74) is 13.9. The smallest absolute Gasteiger partial charge is 0.0524 e. The predicted octanol–water partition coefficient (Wildman–Crippen LogP) is 0.0125. The first kappa shape index (κ1) is 6.99. The largest absolute Gasteiger partial charge is 0.402 e. The lowest BCUT2D eigenvalue weighted by molar-refractivity contribution is 0.787. The zero-order valence-corrected chi connectivity index (χ0v) is 6.15. The predicted molar refractivity (Wildman–Crippen MR) is 41.8 cm³/mol. The van der Waals surface area contributed by atoms with E-state index < -0.39 is 0 Å². The van der Waals surface area contributed by atoms with Crippen LogP contribution in [0, 0.1) is 0 Å². The van der Waals surface area contributed by atoms with E-state index in [1.54, 1.807) is 0 Å². The molecule has 0 saturated carbocycles. The van der Waals surface area contributed by atoms with Crippen LogP contribution in [0.3, 0.4) is 0 Å². The minimum atomic E-state index is 0.770. The zero-order valence-electron chi connectivity index (χ0n) is 6.15. The van der Waals surface area contributed by atoms with E-state index in [0.29, 0.717) is 0 Å². The summed E-state index contributed by atoms with van der Waals surface area (Å²) in [5.74, 6) is 0. The topological polar surface area (TPSA) is 64.1 Å². The van der Waals surface area contributed by atoms with Gasteiger partial charge in [-0.2, -0.15) is 0 Å². The van der Waals surface area contributed by atoms with Gasteiger partial charge in [-0.1, -0.05) is 0 Å². The molecule has 56 valence electrons. The Morgan fingerprint density at radius 3 is 2.60 bits per heavy atom. The molecule has 0 saturated heterocycles. The Balaban J connectivity index is 2.80. The minimum absolute atomic E-state index is 0.770. The molecule has 1 rings (SSSR count). The lowest BCUT2D eigenvalue weighted by atomic mass is 10.1. The summed E-state index contributed by atoms with van der Waals surface area (Å²) in [6.07, 6.45) is 3.66. The maximum Gasteiger partial charge on any atom is 0.0524 e. The highest BCUT2D eigenvalue weighted by molar-refractivity contribution is 5.28. The van der Waals surface area contributed by atoms with Gasteiger partial charge in [0.25, 0.3) is 0 Å². The first-order valence-electron chi connectivity index (χ1n) is 3.36. The van der Waals surface area contributed by atoms with Crippen molar-refractivity contribution < 1.29 is 0 Å². The Labute approximate surface area is 60.8 Å². The van der Waals surface area contributed by atoms with Crippen LogP contribution in [0.4, 0.5) is 0 Å². The summed E-state index contributed by atoms with van der Waals surface area (Å²) in [5, 5.41) is 3.03. The first-order valence-corrected chi connectivity index (χ1v) is 3.36. The molecule has 0 unspecified atom stereocenters. The Kier molecular flexibility index (Phi) is 1.85. The quantitative estimate of drug-likeness (QED) is 0.479. The van der Waals surface area contributed by atoms with Gasteiger partial charge in [-0.3, -0.25) is 0 Å². The van der Waals surface area contributed by atoms with E-state index in [-0.39, 0.29) is 0 Å². The number of allylic oxidation sites excluding steroid dienone is 3. The van der Waals surface area contributed by atoms with Crippen molar-refractivity contribution in [3.63, 3.8) is 0 Å². The van der Waals surface area contributed by atoms with Crippen molar-refractivity contribution in [1.82, 2.24) is 5.32 Å². The number of nitrogens with one attached hydrogen (secondary N) is 1. The maximum atomic E-state index is 5.64. The van der Waals surface area contributed by atoms with E-state index in [4.69, 9.17) is 11.5 Å². The van der Waals surface area contributed by atoms with Gasteiger partial charge in [0.2, 0.25) is 0 Å². The van der Waals surface area contributed by atoms with Gasteiger partial charge >= 0.3 is 0 Å². The van der Waals surface area contributed by atoms with Crippen LogP contribution in [0.25, 0.3) is 0 Å². The second kappa shape index (κ2) is 2.64. The summed E-state index contributed by atoms with van der Waals surface area (Å²) < 4.78 is 0. The Morgan fingerprint density at radius 2 is 2.10 bits per heavy atom. The van der Waals surface area contributed by atoms with Crippen LogP contribution in [0.1, 0.15) is 12.8 Å². The molecule has 0 fully saturated rings. The fraction of sp³-hybridized carbons (Fsp3) is 0.429. The van der Waals surface area contributed by atoms with Crippen molar-refractivity contribution in [3.05, 3.63) is 23.2 Å². The molecule has 0 aromatic heterocycles. The van der Waals surface area contributed by atoms with Gasteiger partial charge in [-0.15, -0.1) is 0 Å². The molecule has 0 heterocycles. The van der Waals surface area contributed by atoms with Crippen molar-refractivity contribution >= 4 is 0 Å². The second-order valence-electron chi connectivity index (χ2n) is 2.40. The molecule has 1 aliphatic carbocycles.